The topological polar surface area (TPSA) is 64.3 Å². The van der Waals surface area contributed by atoms with Crippen molar-refractivity contribution in [2.75, 3.05) is 11.9 Å². The highest BCUT2D eigenvalue weighted by Gasteiger charge is 2.06. The van der Waals surface area contributed by atoms with E-state index in [1.807, 2.05) is 42.5 Å². The number of benzene rings is 2. The summed E-state index contributed by atoms with van der Waals surface area (Å²) in [5.41, 5.74) is 7.21. The largest absolute Gasteiger partial charge is 0.483 e. The van der Waals surface area contributed by atoms with E-state index in [4.69, 9.17) is 10.5 Å². The first-order chi connectivity index (χ1) is 9.69. The molecule has 0 aliphatic rings. The smallest absolute Gasteiger partial charge is 0.262 e. The van der Waals surface area contributed by atoms with Crippen molar-refractivity contribution >= 4 is 27.5 Å². The van der Waals surface area contributed by atoms with Crippen molar-refractivity contribution in [3.05, 3.63) is 58.6 Å². The molecule has 0 fully saturated rings. The van der Waals surface area contributed by atoms with Gasteiger partial charge in [-0.1, -0.05) is 40.2 Å². The highest BCUT2D eigenvalue weighted by molar-refractivity contribution is 9.10. The molecule has 5 heteroatoms. The van der Waals surface area contributed by atoms with E-state index < -0.39 is 0 Å². The molecule has 4 nitrogen and oxygen atoms in total. The zero-order valence-corrected chi connectivity index (χ0v) is 12.4. The van der Waals surface area contributed by atoms with Gasteiger partial charge in [0.15, 0.2) is 6.61 Å². The highest BCUT2D eigenvalue weighted by Crippen LogP contribution is 2.18. The quantitative estimate of drug-likeness (QED) is 0.883. The number of halogens is 1. The van der Waals surface area contributed by atoms with E-state index in [2.05, 4.69) is 21.2 Å². The van der Waals surface area contributed by atoms with Gasteiger partial charge in [0.2, 0.25) is 0 Å². The summed E-state index contributed by atoms with van der Waals surface area (Å²) in [6, 6.07) is 14.8. The summed E-state index contributed by atoms with van der Waals surface area (Å²) in [6.07, 6.45) is 0. The first-order valence-corrected chi connectivity index (χ1v) is 6.94. The van der Waals surface area contributed by atoms with Gasteiger partial charge >= 0.3 is 0 Å². The normalized spacial score (nSPS) is 10.1. The molecule has 1 amide bonds. The molecule has 20 heavy (non-hydrogen) atoms. The molecule has 0 spiro atoms. The molecule has 3 N–H and O–H groups in total. The number of para-hydroxylation sites is 1. The SMILES string of the molecule is NCc1ccccc1OCC(=O)Nc1cccc(Br)c1. The molecule has 0 bridgehead atoms. The number of rotatable bonds is 5. The summed E-state index contributed by atoms with van der Waals surface area (Å²) in [7, 11) is 0. The second-order valence-electron chi connectivity index (χ2n) is 4.16. The predicted molar refractivity (Wildman–Crippen MR) is 82.6 cm³/mol. The average molecular weight is 335 g/mol. The minimum atomic E-state index is -0.213. The van der Waals surface area contributed by atoms with E-state index >= 15 is 0 Å². The van der Waals surface area contributed by atoms with Gasteiger partial charge in [0.25, 0.3) is 5.91 Å². The van der Waals surface area contributed by atoms with Gasteiger partial charge in [0, 0.05) is 22.3 Å². The van der Waals surface area contributed by atoms with E-state index in [9.17, 15) is 4.79 Å². The van der Waals surface area contributed by atoms with Crippen LogP contribution in [0.4, 0.5) is 5.69 Å². The molecule has 2 aromatic carbocycles. The Morgan fingerprint density at radius 2 is 2.00 bits per heavy atom. The number of nitrogens with one attached hydrogen (secondary N) is 1. The number of amides is 1. The second kappa shape index (κ2) is 7.07. The maximum absolute atomic E-state index is 11.8. The van der Waals surface area contributed by atoms with Crippen LogP contribution in [0.15, 0.2) is 53.0 Å². The molecule has 0 unspecified atom stereocenters. The third-order valence-electron chi connectivity index (χ3n) is 2.66. The molecule has 0 atom stereocenters. The van der Waals surface area contributed by atoms with Crippen LogP contribution in [0.25, 0.3) is 0 Å². The molecule has 2 rings (SSSR count). The zero-order chi connectivity index (χ0) is 14.4. The lowest BCUT2D eigenvalue weighted by molar-refractivity contribution is -0.118. The summed E-state index contributed by atoms with van der Waals surface area (Å²) < 4.78 is 6.40. The minimum absolute atomic E-state index is 0.0521. The molecule has 0 aromatic heterocycles. The average Bonchev–Trinajstić information content (AvgIpc) is 2.45. The molecule has 104 valence electrons. The number of hydrogen-bond acceptors (Lipinski definition) is 3. The van der Waals surface area contributed by atoms with Crippen molar-refractivity contribution in [3.63, 3.8) is 0 Å². The van der Waals surface area contributed by atoms with E-state index in [1.165, 1.54) is 0 Å². The van der Waals surface area contributed by atoms with E-state index in [-0.39, 0.29) is 12.5 Å². The summed E-state index contributed by atoms with van der Waals surface area (Å²) >= 11 is 3.35. The Bertz CT molecular complexity index is 602. The van der Waals surface area contributed by atoms with Crippen LogP contribution in [0.3, 0.4) is 0 Å². The first kappa shape index (κ1) is 14.6. The van der Waals surface area contributed by atoms with Crippen molar-refractivity contribution in [3.8, 4) is 5.75 Å². The van der Waals surface area contributed by atoms with Gasteiger partial charge in [-0.05, 0) is 24.3 Å². The van der Waals surface area contributed by atoms with Gasteiger partial charge in [-0.2, -0.15) is 0 Å². The van der Waals surface area contributed by atoms with E-state index in [1.54, 1.807) is 6.07 Å². The van der Waals surface area contributed by atoms with Crippen LogP contribution in [0.5, 0.6) is 5.75 Å². The van der Waals surface area contributed by atoms with Gasteiger partial charge in [0.1, 0.15) is 5.75 Å². The lowest BCUT2D eigenvalue weighted by Gasteiger charge is -2.10. The van der Waals surface area contributed by atoms with Crippen LogP contribution in [-0.4, -0.2) is 12.5 Å². The fourth-order valence-electron chi connectivity index (χ4n) is 1.72. The molecule has 0 aliphatic carbocycles. The number of anilines is 1. The molecular weight excluding hydrogens is 320 g/mol. The standard InChI is InChI=1S/C15H15BrN2O2/c16-12-5-3-6-13(8-12)18-15(19)10-20-14-7-2-1-4-11(14)9-17/h1-8H,9-10,17H2,(H,18,19). The van der Waals surface area contributed by atoms with Crippen molar-refractivity contribution < 1.29 is 9.53 Å². The van der Waals surface area contributed by atoms with Crippen molar-refractivity contribution in [1.29, 1.82) is 0 Å². The maximum Gasteiger partial charge on any atom is 0.262 e. The highest BCUT2D eigenvalue weighted by atomic mass is 79.9. The summed E-state index contributed by atoms with van der Waals surface area (Å²) in [5, 5.41) is 2.77. The lowest BCUT2D eigenvalue weighted by atomic mass is 10.2. The van der Waals surface area contributed by atoms with Crippen molar-refractivity contribution in [2.24, 2.45) is 5.73 Å². The molecule has 0 saturated carbocycles. The molecule has 0 aliphatic heterocycles. The Balaban J connectivity index is 1.92. The predicted octanol–water partition coefficient (Wildman–Crippen LogP) is 2.93. The van der Waals surface area contributed by atoms with Crippen LogP contribution in [-0.2, 0) is 11.3 Å². The summed E-state index contributed by atoms with van der Waals surface area (Å²) in [4.78, 5) is 11.8. The van der Waals surface area contributed by atoms with Crippen LogP contribution < -0.4 is 15.8 Å². The van der Waals surface area contributed by atoms with Gasteiger partial charge in [-0.3, -0.25) is 4.79 Å². The van der Waals surface area contributed by atoms with Crippen LogP contribution >= 0.6 is 15.9 Å². The third kappa shape index (κ3) is 4.08. The van der Waals surface area contributed by atoms with E-state index in [0.717, 1.165) is 15.7 Å². The monoisotopic (exact) mass is 334 g/mol. The van der Waals surface area contributed by atoms with Crippen LogP contribution in [0.1, 0.15) is 5.56 Å². The van der Waals surface area contributed by atoms with Crippen molar-refractivity contribution in [1.82, 2.24) is 0 Å². The van der Waals surface area contributed by atoms with Gasteiger partial charge in [0.05, 0.1) is 0 Å². The fraction of sp³-hybridized carbons (Fsp3) is 0.133. The second-order valence-corrected chi connectivity index (χ2v) is 5.07. The van der Waals surface area contributed by atoms with Crippen molar-refractivity contribution in [2.45, 2.75) is 6.54 Å². The maximum atomic E-state index is 11.8. The summed E-state index contributed by atoms with van der Waals surface area (Å²) in [5.74, 6) is 0.425. The number of ether oxygens (including phenoxy) is 1. The summed E-state index contributed by atoms with van der Waals surface area (Å²) in [6.45, 7) is 0.326. The lowest BCUT2D eigenvalue weighted by Crippen LogP contribution is -2.20. The molecule has 0 saturated heterocycles. The Hall–Kier alpha value is -1.85. The number of carbonyl (C=O) groups excluding carboxylic acids is 1. The Labute approximate surface area is 126 Å². The molecule has 0 radical (unpaired) electrons. The fourth-order valence-corrected chi connectivity index (χ4v) is 2.12. The molecular formula is C15H15BrN2O2. The molecule has 2 aromatic rings. The zero-order valence-electron chi connectivity index (χ0n) is 10.8. The number of nitrogens with two attached hydrogens (primary N) is 1. The third-order valence-corrected chi connectivity index (χ3v) is 3.15. The van der Waals surface area contributed by atoms with Gasteiger partial charge < -0.3 is 15.8 Å². The minimum Gasteiger partial charge on any atom is -0.483 e. The van der Waals surface area contributed by atoms with E-state index in [0.29, 0.717) is 12.3 Å². The van der Waals surface area contributed by atoms with Gasteiger partial charge in [-0.15, -0.1) is 0 Å². The Kier molecular flexibility index (Phi) is 5.15. The van der Waals surface area contributed by atoms with Gasteiger partial charge in [-0.25, -0.2) is 0 Å². The van der Waals surface area contributed by atoms with Crippen LogP contribution in [0, 0.1) is 0 Å². The Morgan fingerprint density at radius 1 is 1.20 bits per heavy atom. The molecule has 0 heterocycles. The Morgan fingerprint density at radius 3 is 2.75 bits per heavy atom. The first-order valence-electron chi connectivity index (χ1n) is 6.15. The van der Waals surface area contributed by atoms with Crippen LogP contribution in [0.2, 0.25) is 0 Å². The number of carbonyl (C=O) groups is 1. The number of hydrogen-bond donors (Lipinski definition) is 2.